The highest BCUT2D eigenvalue weighted by Gasteiger charge is 2.54. The minimum absolute atomic E-state index is 0.151. The van der Waals surface area contributed by atoms with Crippen LogP contribution in [0.25, 0.3) is 55.6 Å². The van der Waals surface area contributed by atoms with E-state index in [0.717, 1.165) is 22.1 Å². The maximum atomic E-state index is 7.11. The smallest absolute Gasteiger partial charge is 0.0732 e. The summed E-state index contributed by atoms with van der Waals surface area (Å²) in [5.74, 6) is 0. The Labute approximate surface area is 356 Å². The molecule has 0 fully saturated rings. The predicted octanol–water partition coefficient (Wildman–Crippen LogP) is 15.8. The fraction of sp³-hybridized carbons (Fsp3) is 0.0690. The molecule has 0 N–H and O–H groups in total. The van der Waals surface area contributed by atoms with E-state index in [-0.39, 0.29) is 5.41 Å². The minimum Gasteiger partial charge on any atom is -0.310 e. The maximum absolute atomic E-state index is 7.11. The largest absolute Gasteiger partial charge is 0.310 e. The quantitative estimate of drug-likeness (QED) is 0.168. The zero-order valence-electron chi connectivity index (χ0n) is 33.5. The van der Waals surface area contributed by atoms with Crippen LogP contribution in [0, 0.1) is 0 Å². The molecule has 0 bridgehead atoms. The summed E-state index contributed by atoms with van der Waals surface area (Å²) < 4.78 is 0. The van der Waals surface area contributed by atoms with Crippen molar-refractivity contribution in [1.82, 2.24) is 0 Å². The number of anilines is 3. The van der Waals surface area contributed by atoms with Crippen molar-refractivity contribution in [2.24, 2.45) is 0 Å². The Morgan fingerprint density at radius 1 is 0.367 bits per heavy atom. The van der Waals surface area contributed by atoms with Gasteiger partial charge in [-0.1, -0.05) is 189 Å². The molecule has 0 heterocycles. The van der Waals surface area contributed by atoms with E-state index < -0.39 is 5.41 Å². The first-order chi connectivity index (χ1) is 29.4. The zero-order valence-corrected chi connectivity index (χ0v) is 34.2. The van der Waals surface area contributed by atoms with Gasteiger partial charge < -0.3 is 4.90 Å². The van der Waals surface area contributed by atoms with E-state index >= 15 is 0 Å². The third-order valence-electron chi connectivity index (χ3n) is 13.5. The number of hydrogen-bond donors (Lipinski definition) is 0. The third kappa shape index (κ3) is 4.81. The van der Waals surface area contributed by atoms with Crippen LogP contribution in [-0.2, 0) is 10.8 Å². The summed E-state index contributed by atoms with van der Waals surface area (Å²) in [5.41, 5.74) is 22.9. The molecule has 0 aliphatic heterocycles. The molecule has 3 aliphatic carbocycles. The Kier molecular flexibility index (Phi) is 7.62. The Morgan fingerprint density at radius 2 is 0.917 bits per heavy atom. The van der Waals surface area contributed by atoms with Crippen molar-refractivity contribution in [2.45, 2.75) is 24.7 Å². The van der Waals surface area contributed by atoms with E-state index in [2.05, 4.69) is 225 Å². The minimum atomic E-state index is -0.603. The molecule has 284 valence electrons. The lowest BCUT2D eigenvalue weighted by Crippen LogP contribution is -2.27. The molecule has 9 aromatic rings. The Morgan fingerprint density at radius 3 is 1.68 bits per heavy atom. The van der Waals surface area contributed by atoms with Crippen molar-refractivity contribution < 1.29 is 0 Å². The molecule has 0 radical (unpaired) electrons. The number of hydrogen-bond acceptors (Lipinski definition) is 1. The first kappa shape index (κ1) is 35.1. The first-order valence-corrected chi connectivity index (χ1v) is 21.2. The molecule has 9 aromatic carbocycles. The second-order valence-corrected chi connectivity index (χ2v) is 17.4. The van der Waals surface area contributed by atoms with E-state index in [1.54, 1.807) is 0 Å². The van der Waals surface area contributed by atoms with E-state index in [0.29, 0.717) is 0 Å². The molecule has 1 unspecified atom stereocenters. The van der Waals surface area contributed by atoms with Gasteiger partial charge in [0.25, 0.3) is 0 Å². The summed E-state index contributed by atoms with van der Waals surface area (Å²) >= 11 is 7.11. The number of fused-ring (bicyclic) bond motifs is 13. The van der Waals surface area contributed by atoms with Gasteiger partial charge in [0.05, 0.1) is 11.1 Å². The average molecular weight is 786 g/mol. The Bertz CT molecular complexity index is 3180. The molecule has 2 heteroatoms. The number of nitrogens with zero attached hydrogens (tertiary/aromatic N) is 1. The summed E-state index contributed by atoms with van der Waals surface area (Å²) in [6.07, 6.45) is 0. The summed E-state index contributed by atoms with van der Waals surface area (Å²) in [4.78, 5) is 2.50. The van der Waals surface area contributed by atoms with Crippen molar-refractivity contribution in [3.8, 4) is 55.6 Å². The summed E-state index contributed by atoms with van der Waals surface area (Å²) in [7, 11) is 0. The molecule has 0 amide bonds. The van der Waals surface area contributed by atoms with Gasteiger partial charge in [0.1, 0.15) is 0 Å². The summed E-state index contributed by atoms with van der Waals surface area (Å²) in [5, 5.41) is 0.736. The Balaban J connectivity index is 1.15. The standard InChI is InChI=1S/C58H40ClN/c1-57(2)49-23-11-9-19-44(49)46-34-32-42(36-52(46)57)60(41-30-27-38(28-31-41)37-15-5-3-6-16-37)54-26-14-25-51-55(54)48-33-29-40(59)35-53(48)58(51)50-24-12-10-20-45(50)47-22-13-21-43(56(47)58)39-17-7-4-8-18-39/h3-36H,1-2H3. The molecule has 60 heavy (non-hydrogen) atoms. The molecule has 0 saturated carbocycles. The van der Waals surface area contributed by atoms with Crippen LogP contribution in [0.4, 0.5) is 17.1 Å². The van der Waals surface area contributed by atoms with Crippen LogP contribution in [0.2, 0.25) is 5.02 Å². The molecule has 1 spiro atoms. The van der Waals surface area contributed by atoms with Crippen LogP contribution in [0.1, 0.15) is 47.2 Å². The van der Waals surface area contributed by atoms with Crippen LogP contribution in [0.5, 0.6) is 0 Å². The molecule has 0 aromatic heterocycles. The van der Waals surface area contributed by atoms with Gasteiger partial charge in [-0.25, -0.2) is 0 Å². The van der Waals surface area contributed by atoms with Crippen molar-refractivity contribution in [1.29, 1.82) is 0 Å². The second-order valence-electron chi connectivity index (χ2n) is 16.9. The van der Waals surface area contributed by atoms with Crippen LogP contribution in [-0.4, -0.2) is 0 Å². The molecule has 1 nitrogen and oxygen atoms in total. The predicted molar refractivity (Wildman–Crippen MR) is 251 cm³/mol. The van der Waals surface area contributed by atoms with Crippen molar-refractivity contribution >= 4 is 28.7 Å². The average Bonchev–Trinajstić information content (AvgIpc) is 3.86. The van der Waals surface area contributed by atoms with E-state index in [9.17, 15) is 0 Å². The van der Waals surface area contributed by atoms with Gasteiger partial charge in [-0.15, -0.1) is 0 Å². The molecule has 1 atom stereocenters. The first-order valence-electron chi connectivity index (χ1n) is 20.9. The fourth-order valence-corrected chi connectivity index (χ4v) is 11.2. The van der Waals surface area contributed by atoms with E-state index in [1.807, 2.05) is 0 Å². The van der Waals surface area contributed by atoms with Crippen LogP contribution in [0.15, 0.2) is 206 Å². The topological polar surface area (TPSA) is 3.24 Å². The fourth-order valence-electron chi connectivity index (χ4n) is 11.0. The van der Waals surface area contributed by atoms with Crippen LogP contribution >= 0.6 is 11.6 Å². The van der Waals surface area contributed by atoms with E-state index in [1.165, 1.54) is 89.0 Å². The molecular weight excluding hydrogens is 746 g/mol. The highest BCUT2D eigenvalue weighted by Crippen LogP contribution is 2.66. The van der Waals surface area contributed by atoms with Gasteiger partial charge in [0.15, 0.2) is 0 Å². The third-order valence-corrected chi connectivity index (χ3v) is 13.8. The SMILES string of the molecule is CC1(C)c2ccccc2-c2ccc(N(c3ccc(-c4ccccc4)cc3)c3cccc4c3-c3ccc(Cl)cc3C43c4ccccc4-c4cccc(-c5ccccc5)c43)cc21. The zero-order chi connectivity index (χ0) is 40.2. The van der Waals surface area contributed by atoms with Gasteiger partial charge >= 0.3 is 0 Å². The monoisotopic (exact) mass is 785 g/mol. The lowest BCUT2D eigenvalue weighted by atomic mass is 9.68. The molecular formula is C58H40ClN. The molecule has 0 saturated heterocycles. The molecule has 12 rings (SSSR count). The van der Waals surface area contributed by atoms with Gasteiger partial charge in [-0.2, -0.15) is 0 Å². The van der Waals surface area contributed by atoms with Gasteiger partial charge in [-0.05, 0) is 126 Å². The van der Waals surface area contributed by atoms with Crippen LogP contribution < -0.4 is 4.90 Å². The maximum Gasteiger partial charge on any atom is 0.0732 e. The number of rotatable bonds is 5. The number of benzene rings is 9. The van der Waals surface area contributed by atoms with Gasteiger partial charge in [-0.3, -0.25) is 0 Å². The Hall–Kier alpha value is -6.93. The van der Waals surface area contributed by atoms with Gasteiger partial charge in [0.2, 0.25) is 0 Å². The normalized spacial score (nSPS) is 15.8. The number of halogens is 1. The second kappa shape index (κ2) is 13.0. The summed E-state index contributed by atoms with van der Waals surface area (Å²) in [6, 6.07) is 76.0. The highest BCUT2D eigenvalue weighted by molar-refractivity contribution is 6.31. The van der Waals surface area contributed by atoms with Gasteiger partial charge in [0, 0.05) is 27.4 Å². The molecule has 3 aliphatic rings. The lowest BCUT2D eigenvalue weighted by Gasteiger charge is -2.33. The summed E-state index contributed by atoms with van der Waals surface area (Å²) in [6.45, 7) is 4.73. The highest BCUT2D eigenvalue weighted by atomic mass is 35.5. The van der Waals surface area contributed by atoms with E-state index in [4.69, 9.17) is 11.6 Å². The lowest BCUT2D eigenvalue weighted by molar-refractivity contribution is 0.660. The van der Waals surface area contributed by atoms with Crippen molar-refractivity contribution in [2.75, 3.05) is 4.90 Å². The van der Waals surface area contributed by atoms with Crippen LogP contribution in [0.3, 0.4) is 0 Å². The van der Waals surface area contributed by atoms with Crippen molar-refractivity contribution in [3.05, 3.63) is 245 Å². The van der Waals surface area contributed by atoms with Crippen molar-refractivity contribution in [3.63, 3.8) is 0 Å².